The summed E-state index contributed by atoms with van der Waals surface area (Å²) in [7, 11) is 0. The molecule has 0 bridgehead atoms. The van der Waals surface area contributed by atoms with Crippen molar-refractivity contribution in [2.75, 3.05) is 13.1 Å². The van der Waals surface area contributed by atoms with Gasteiger partial charge in [-0.15, -0.1) is 0 Å². The fourth-order valence-corrected chi connectivity index (χ4v) is 2.47. The molecule has 2 amide bonds. The average Bonchev–Trinajstić information content (AvgIpc) is 2.81. The lowest BCUT2D eigenvalue weighted by Gasteiger charge is -2.25. The van der Waals surface area contributed by atoms with Crippen molar-refractivity contribution in [1.82, 2.24) is 10.2 Å². The highest BCUT2D eigenvalue weighted by Crippen LogP contribution is 2.19. The zero-order chi connectivity index (χ0) is 13.5. The molecule has 1 fully saturated rings. The molecule has 0 aromatic rings. The molecule has 1 aliphatic heterocycles. The van der Waals surface area contributed by atoms with E-state index >= 15 is 0 Å². The van der Waals surface area contributed by atoms with Gasteiger partial charge in [-0.05, 0) is 25.2 Å². The van der Waals surface area contributed by atoms with Crippen LogP contribution in [0.5, 0.6) is 0 Å². The highest BCUT2D eigenvalue weighted by Gasteiger charge is 2.27. The van der Waals surface area contributed by atoms with Crippen LogP contribution < -0.4 is 5.32 Å². The van der Waals surface area contributed by atoms with Gasteiger partial charge < -0.3 is 15.3 Å². The quantitative estimate of drug-likeness (QED) is 0.764. The van der Waals surface area contributed by atoms with Crippen LogP contribution in [-0.2, 0) is 4.79 Å². The molecule has 0 saturated carbocycles. The van der Waals surface area contributed by atoms with Crippen molar-refractivity contribution in [1.29, 1.82) is 0 Å². The van der Waals surface area contributed by atoms with Gasteiger partial charge in [0.15, 0.2) is 0 Å². The van der Waals surface area contributed by atoms with E-state index in [0.29, 0.717) is 12.6 Å². The lowest BCUT2D eigenvalue weighted by atomic mass is 10.0. The summed E-state index contributed by atoms with van der Waals surface area (Å²) in [6.45, 7) is 5.31. The number of carbonyl (C=O) groups excluding carboxylic acids is 1. The lowest BCUT2D eigenvalue weighted by molar-refractivity contribution is -0.138. The minimum Gasteiger partial charge on any atom is -0.481 e. The first-order valence-electron chi connectivity index (χ1n) is 6.84. The molecule has 0 aromatic heterocycles. The summed E-state index contributed by atoms with van der Waals surface area (Å²) < 4.78 is 0. The van der Waals surface area contributed by atoms with Crippen molar-refractivity contribution in [3.63, 3.8) is 0 Å². The van der Waals surface area contributed by atoms with Gasteiger partial charge in [-0.3, -0.25) is 4.79 Å². The highest BCUT2D eigenvalue weighted by molar-refractivity contribution is 5.75. The summed E-state index contributed by atoms with van der Waals surface area (Å²) in [5.41, 5.74) is 0. The fraction of sp³-hybridized carbons (Fsp3) is 0.846. The molecule has 1 aliphatic rings. The Hall–Kier alpha value is -1.26. The molecule has 2 N–H and O–H groups in total. The van der Waals surface area contributed by atoms with Crippen molar-refractivity contribution in [2.45, 2.75) is 52.0 Å². The van der Waals surface area contributed by atoms with E-state index < -0.39 is 5.97 Å². The second-order valence-corrected chi connectivity index (χ2v) is 4.96. The van der Waals surface area contributed by atoms with Crippen LogP contribution in [0.2, 0.25) is 0 Å². The first-order chi connectivity index (χ1) is 8.58. The van der Waals surface area contributed by atoms with Crippen LogP contribution in [0.1, 0.15) is 46.0 Å². The Morgan fingerprint density at radius 3 is 2.72 bits per heavy atom. The first-order valence-corrected chi connectivity index (χ1v) is 6.84. The van der Waals surface area contributed by atoms with Gasteiger partial charge in [-0.1, -0.05) is 20.3 Å². The van der Waals surface area contributed by atoms with Gasteiger partial charge in [-0.25, -0.2) is 4.79 Å². The normalized spacial score (nSPS) is 20.8. The fourth-order valence-electron chi connectivity index (χ4n) is 2.47. The molecule has 104 valence electrons. The standard InChI is InChI=1S/C13H24N2O3/c1-3-10(8-12(16)17)9-14-13(18)15-7-5-6-11(15)4-2/h10-11H,3-9H2,1-2H3,(H,14,18)(H,16,17). The second-order valence-electron chi connectivity index (χ2n) is 4.96. The van der Waals surface area contributed by atoms with Gasteiger partial charge in [0.2, 0.25) is 0 Å². The number of nitrogens with one attached hydrogen (secondary N) is 1. The van der Waals surface area contributed by atoms with E-state index in [2.05, 4.69) is 12.2 Å². The topological polar surface area (TPSA) is 69.6 Å². The van der Waals surface area contributed by atoms with Crippen molar-refractivity contribution in [3.05, 3.63) is 0 Å². The monoisotopic (exact) mass is 256 g/mol. The number of carboxylic acid groups (broad SMARTS) is 1. The van der Waals surface area contributed by atoms with Gasteiger partial charge in [-0.2, -0.15) is 0 Å². The van der Waals surface area contributed by atoms with Gasteiger partial charge >= 0.3 is 12.0 Å². The number of urea groups is 1. The summed E-state index contributed by atoms with van der Waals surface area (Å²) in [6, 6.07) is 0.313. The largest absolute Gasteiger partial charge is 0.481 e. The van der Waals surface area contributed by atoms with Gasteiger partial charge in [0, 0.05) is 25.6 Å². The predicted molar refractivity (Wildman–Crippen MR) is 69.5 cm³/mol. The van der Waals surface area contributed by atoms with Crippen molar-refractivity contribution in [2.24, 2.45) is 5.92 Å². The van der Waals surface area contributed by atoms with E-state index in [9.17, 15) is 9.59 Å². The number of amides is 2. The average molecular weight is 256 g/mol. The third-order valence-corrected chi connectivity index (χ3v) is 3.69. The van der Waals surface area contributed by atoms with Crippen LogP contribution in [-0.4, -0.2) is 41.1 Å². The van der Waals surface area contributed by atoms with Crippen LogP contribution in [0.25, 0.3) is 0 Å². The van der Waals surface area contributed by atoms with Crippen LogP contribution in [0, 0.1) is 5.92 Å². The molecular weight excluding hydrogens is 232 g/mol. The van der Waals surface area contributed by atoms with E-state index in [1.807, 2.05) is 11.8 Å². The molecule has 1 saturated heterocycles. The molecule has 0 spiro atoms. The first kappa shape index (κ1) is 14.8. The molecule has 1 rings (SSSR count). The maximum atomic E-state index is 12.0. The maximum Gasteiger partial charge on any atom is 0.317 e. The van der Waals surface area contributed by atoms with Gasteiger partial charge in [0.1, 0.15) is 0 Å². The highest BCUT2D eigenvalue weighted by atomic mass is 16.4. The number of carbonyl (C=O) groups is 2. The molecule has 5 nitrogen and oxygen atoms in total. The number of nitrogens with zero attached hydrogens (tertiary/aromatic N) is 1. The summed E-state index contributed by atoms with van der Waals surface area (Å²) in [6.07, 6.45) is 4.02. The van der Waals surface area contributed by atoms with Crippen LogP contribution >= 0.6 is 0 Å². The number of rotatable bonds is 6. The predicted octanol–water partition coefficient (Wildman–Crippen LogP) is 2.07. The summed E-state index contributed by atoms with van der Waals surface area (Å²) in [5, 5.41) is 11.6. The van der Waals surface area contributed by atoms with Gasteiger partial charge in [0.05, 0.1) is 0 Å². The smallest absolute Gasteiger partial charge is 0.317 e. The lowest BCUT2D eigenvalue weighted by Crippen LogP contribution is -2.44. The third-order valence-electron chi connectivity index (χ3n) is 3.69. The Bertz CT molecular complexity index is 294. The van der Waals surface area contributed by atoms with E-state index in [4.69, 9.17) is 5.11 Å². The molecule has 5 heteroatoms. The Morgan fingerprint density at radius 2 is 2.17 bits per heavy atom. The number of carboxylic acids is 1. The van der Waals surface area contributed by atoms with E-state index in [1.54, 1.807) is 0 Å². The molecule has 18 heavy (non-hydrogen) atoms. The van der Waals surface area contributed by atoms with E-state index in [1.165, 1.54) is 0 Å². The summed E-state index contributed by atoms with van der Waals surface area (Å²) in [4.78, 5) is 24.5. The molecular formula is C13H24N2O3. The number of likely N-dealkylation sites (tertiary alicyclic amines) is 1. The summed E-state index contributed by atoms with van der Waals surface area (Å²) in [5.74, 6) is -0.780. The number of aliphatic carboxylic acids is 1. The van der Waals surface area contributed by atoms with Crippen LogP contribution in [0.4, 0.5) is 4.79 Å². The second kappa shape index (κ2) is 7.24. The van der Waals surface area contributed by atoms with E-state index in [0.717, 1.165) is 32.2 Å². The van der Waals surface area contributed by atoms with Crippen molar-refractivity contribution < 1.29 is 14.7 Å². The third kappa shape index (κ3) is 4.20. The Kier molecular flexibility index (Phi) is 5.95. The minimum absolute atomic E-state index is 0.0223. The molecule has 2 atom stereocenters. The van der Waals surface area contributed by atoms with E-state index in [-0.39, 0.29) is 18.4 Å². The Balaban J connectivity index is 2.37. The molecule has 0 radical (unpaired) electrons. The molecule has 1 heterocycles. The summed E-state index contributed by atoms with van der Waals surface area (Å²) >= 11 is 0. The van der Waals surface area contributed by atoms with Crippen LogP contribution in [0.3, 0.4) is 0 Å². The SMILES string of the molecule is CCC(CNC(=O)N1CCCC1CC)CC(=O)O. The zero-order valence-electron chi connectivity index (χ0n) is 11.3. The molecule has 2 unspecified atom stereocenters. The van der Waals surface area contributed by atoms with Crippen LogP contribution in [0.15, 0.2) is 0 Å². The Morgan fingerprint density at radius 1 is 1.44 bits per heavy atom. The number of hydrogen-bond acceptors (Lipinski definition) is 2. The van der Waals surface area contributed by atoms with Crippen molar-refractivity contribution in [3.8, 4) is 0 Å². The Labute approximate surface area is 109 Å². The minimum atomic E-state index is -0.802. The maximum absolute atomic E-state index is 12.0. The number of hydrogen-bond donors (Lipinski definition) is 2. The zero-order valence-corrected chi connectivity index (χ0v) is 11.3. The molecule has 0 aliphatic carbocycles. The van der Waals surface area contributed by atoms with Gasteiger partial charge in [0.25, 0.3) is 0 Å². The molecule has 0 aromatic carbocycles. The van der Waals surface area contributed by atoms with Crippen molar-refractivity contribution >= 4 is 12.0 Å².